The van der Waals surface area contributed by atoms with E-state index in [0.29, 0.717) is 19.4 Å². The van der Waals surface area contributed by atoms with Gasteiger partial charge in [0.25, 0.3) is 5.91 Å². The van der Waals surface area contributed by atoms with Gasteiger partial charge in [0.05, 0.1) is 11.3 Å². The Balaban J connectivity index is 2.51. The number of rotatable bonds is 4. The van der Waals surface area contributed by atoms with Crippen LogP contribution in [0.2, 0.25) is 0 Å². The first-order valence-electron chi connectivity index (χ1n) is 6.47. The third-order valence-electron chi connectivity index (χ3n) is 3.28. The first-order chi connectivity index (χ1) is 9.04. The van der Waals surface area contributed by atoms with E-state index in [9.17, 15) is 14.0 Å². The van der Waals surface area contributed by atoms with Crippen molar-refractivity contribution in [2.24, 2.45) is 5.73 Å². The zero-order chi connectivity index (χ0) is 14.0. The van der Waals surface area contributed by atoms with E-state index in [2.05, 4.69) is 0 Å². The first kappa shape index (κ1) is 13.5. The van der Waals surface area contributed by atoms with Gasteiger partial charge in [-0.2, -0.15) is 0 Å². The summed E-state index contributed by atoms with van der Waals surface area (Å²) in [5.74, 6) is -1.60. The van der Waals surface area contributed by atoms with E-state index in [1.165, 1.54) is 11.0 Å². The number of carbonyl (C=O) groups is 2. The summed E-state index contributed by atoms with van der Waals surface area (Å²) in [6.45, 7) is 2.48. The molecule has 102 valence electrons. The van der Waals surface area contributed by atoms with E-state index >= 15 is 0 Å². The maximum atomic E-state index is 14.3. The van der Waals surface area contributed by atoms with Crippen LogP contribution in [-0.4, -0.2) is 18.4 Å². The number of aryl methyl sites for hydroxylation is 1. The highest BCUT2D eigenvalue weighted by Crippen LogP contribution is 2.28. The van der Waals surface area contributed by atoms with Gasteiger partial charge in [-0.05, 0) is 30.5 Å². The third-order valence-corrected chi connectivity index (χ3v) is 3.28. The second-order valence-electron chi connectivity index (χ2n) is 4.74. The van der Waals surface area contributed by atoms with Gasteiger partial charge in [-0.1, -0.05) is 13.3 Å². The number of halogens is 1. The molecule has 0 atom stereocenters. The van der Waals surface area contributed by atoms with Crippen LogP contribution < -0.4 is 10.6 Å². The van der Waals surface area contributed by atoms with E-state index in [-0.39, 0.29) is 17.2 Å². The Hall–Kier alpha value is -1.91. The lowest BCUT2D eigenvalue weighted by Crippen LogP contribution is -2.26. The molecular formula is C14H17FN2O2. The summed E-state index contributed by atoms with van der Waals surface area (Å²) < 4.78 is 14.3. The van der Waals surface area contributed by atoms with Crippen molar-refractivity contribution in [1.29, 1.82) is 0 Å². The van der Waals surface area contributed by atoms with Gasteiger partial charge in [-0.3, -0.25) is 9.59 Å². The van der Waals surface area contributed by atoms with Gasteiger partial charge in [0.2, 0.25) is 5.91 Å². The number of hydrogen-bond acceptors (Lipinski definition) is 2. The van der Waals surface area contributed by atoms with Crippen molar-refractivity contribution in [3.05, 3.63) is 29.1 Å². The van der Waals surface area contributed by atoms with Crippen molar-refractivity contribution in [1.82, 2.24) is 0 Å². The number of primary amides is 1. The molecule has 0 radical (unpaired) electrons. The summed E-state index contributed by atoms with van der Waals surface area (Å²) in [6.07, 6.45) is 2.72. The van der Waals surface area contributed by atoms with E-state index in [0.717, 1.165) is 18.4 Å². The second-order valence-corrected chi connectivity index (χ2v) is 4.74. The normalized spacial score (nSPS) is 15.1. The average molecular weight is 264 g/mol. The van der Waals surface area contributed by atoms with Crippen molar-refractivity contribution in [3.8, 4) is 0 Å². The van der Waals surface area contributed by atoms with Gasteiger partial charge in [-0.15, -0.1) is 0 Å². The molecule has 1 aromatic rings. The minimum absolute atomic E-state index is 0.108. The minimum atomic E-state index is -0.802. The molecule has 0 aromatic heterocycles. The Labute approximate surface area is 111 Å². The Morgan fingerprint density at radius 2 is 2.21 bits per heavy atom. The Kier molecular flexibility index (Phi) is 3.83. The summed E-state index contributed by atoms with van der Waals surface area (Å²) in [4.78, 5) is 24.4. The molecule has 1 heterocycles. The van der Waals surface area contributed by atoms with Crippen LogP contribution in [0.5, 0.6) is 0 Å². The number of anilines is 1. The number of nitrogens with zero attached hydrogens (tertiary/aromatic N) is 1. The number of hydrogen-bond donors (Lipinski definition) is 1. The summed E-state index contributed by atoms with van der Waals surface area (Å²) in [6, 6.07) is 3.12. The topological polar surface area (TPSA) is 63.4 Å². The molecule has 4 nitrogen and oxygen atoms in total. The van der Waals surface area contributed by atoms with Crippen molar-refractivity contribution < 1.29 is 14.0 Å². The molecule has 0 unspecified atom stereocenters. The lowest BCUT2D eigenvalue weighted by molar-refractivity contribution is -0.117. The molecule has 2 N–H and O–H groups in total. The van der Waals surface area contributed by atoms with Crippen LogP contribution >= 0.6 is 0 Å². The predicted molar refractivity (Wildman–Crippen MR) is 70.5 cm³/mol. The molecule has 0 spiro atoms. The van der Waals surface area contributed by atoms with Gasteiger partial charge in [0, 0.05) is 13.0 Å². The highest BCUT2D eigenvalue weighted by Gasteiger charge is 2.26. The van der Waals surface area contributed by atoms with Crippen LogP contribution in [0, 0.1) is 5.82 Å². The van der Waals surface area contributed by atoms with Crippen LogP contribution in [0.4, 0.5) is 10.1 Å². The number of amides is 2. The molecule has 0 bridgehead atoms. The number of nitrogens with two attached hydrogens (primary N) is 1. The van der Waals surface area contributed by atoms with E-state index in [4.69, 9.17) is 5.73 Å². The fourth-order valence-corrected chi connectivity index (χ4v) is 2.38. The third kappa shape index (κ3) is 2.59. The van der Waals surface area contributed by atoms with E-state index < -0.39 is 11.7 Å². The zero-order valence-electron chi connectivity index (χ0n) is 10.9. The Morgan fingerprint density at radius 3 is 2.74 bits per heavy atom. The second kappa shape index (κ2) is 5.38. The van der Waals surface area contributed by atoms with Crippen molar-refractivity contribution in [2.75, 3.05) is 11.4 Å². The molecule has 1 aliphatic rings. The smallest absolute Gasteiger partial charge is 0.251 e. The molecular weight excluding hydrogens is 247 g/mol. The van der Waals surface area contributed by atoms with Gasteiger partial charge in [0.1, 0.15) is 0 Å². The van der Waals surface area contributed by atoms with E-state index in [1.54, 1.807) is 6.07 Å². The van der Waals surface area contributed by atoms with Crippen molar-refractivity contribution in [2.45, 2.75) is 32.6 Å². The minimum Gasteiger partial charge on any atom is -0.366 e. The summed E-state index contributed by atoms with van der Waals surface area (Å²) in [5.41, 5.74) is 6.07. The van der Waals surface area contributed by atoms with Crippen LogP contribution in [0.1, 0.15) is 42.1 Å². The maximum Gasteiger partial charge on any atom is 0.251 e. The molecule has 1 fully saturated rings. The van der Waals surface area contributed by atoms with Crippen LogP contribution in [0.25, 0.3) is 0 Å². The summed E-state index contributed by atoms with van der Waals surface area (Å²) in [7, 11) is 0. The lowest BCUT2D eigenvalue weighted by Gasteiger charge is -2.19. The molecule has 1 aliphatic heterocycles. The largest absolute Gasteiger partial charge is 0.366 e. The van der Waals surface area contributed by atoms with Gasteiger partial charge in [-0.25, -0.2) is 4.39 Å². The van der Waals surface area contributed by atoms with Crippen molar-refractivity contribution in [3.63, 3.8) is 0 Å². The average Bonchev–Trinajstić information content (AvgIpc) is 2.77. The fourth-order valence-electron chi connectivity index (χ4n) is 2.38. The number of carbonyl (C=O) groups excluding carboxylic acids is 2. The highest BCUT2D eigenvalue weighted by atomic mass is 19.1. The molecule has 0 aliphatic carbocycles. The van der Waals surface area contributed by atoms with Gasteiger partial charge in [0.15, 0.2) is 5.82 Å². The molecule has 5 heteroatoms. The van der Waals surface area contributed by atoms with Crippen LogP contribution in [0.15, 0.2) is 12.1 Å². The zero-order valence-corrected chi connectivity index (χ0v) is 10.9. The summed E-state index contributed by atoms with van der Waals surface area (Å²) in [5, 5.41) is 0. The molecule has 19 heavy (non-hydrogen) atoms. The first-order valence-corrected chi connectivity index (χ1v) is 6.47. The summed E-state index contributed by atoms with van der Waals surface area (Å²) >= 11 is 0. The highest BCUT2D eigenvalue weighted by molar-refractivity contribution is 5.99. The van der Waals surface area contributed by atoms with Gasteiger partial charge >= 0.3 is 0 Å². The quantitative estimate of drug-likeness (QED) is 0.904. The SMILES string of the molecule is CCCc1cc(C(N)=O)c(F)c(N2CCCC2=O)c1. The van der Waals surface area contributed by atoms with Gasteiger partial charge < -0.3 is 10.6 Å². The molecule has 2 amide bonds. The Bertz CT molecular complexity index is 528. The molecule has 1 saturated heterocycles. The molecule has 1 aromatic carbocycles. The van der Waals surface area contributed by atoms with Crippen LogP contribution in [0.3, 0.4) is 0 Å². The lowest BCUT2D eigenvalue weighted by atomic mass is 10.0. The van der Waals surface area contributed by atoms with E-state index in [1.807, 2.05) is 6.92 Å². The number of benzene rings is 1. The predicted octanol–water partition coefficient (Wildman–Crippen LogP) is 2.00. The fraction of sp³-hybridized carbons (Fsp3) is 0.429. The molecule has 0 saturated carbocycles. The van der Waals surface area contributed by atoms with Crippen LogP contribution in [-0.2, 0) is 11.2 Å². The monoisotopic (exact) mass is 264 g/mol. The molecule has 2 rings (SSSR count). The van der Waals surface area contributed by atoms with Crippen molar-refractivity contribution >= 4 is 17.5 Å². The standard InChI is InChI=1S/C14H17FN2O2/c1-2-4-9-7-10(14(16)19)13(15)11(8-9)17-6-3-5-12(17)18/h7-8H,2-6H2,1H3,(H2,16,19). The maximum absolute atomic E-state index is 14.3. The Morgan fingerprint density at radius 1 is 1.47 bits per heavy atom.